The minimum atomic E-state index is 0. The van der Waals surface area contributed by atoms with Gasteiger partial charge in [0, 0.05) is 51.5 Å². The molecule has 2 aliphatic heterocycles. The second-order valence-corrected chi connectivity index (χ2v) is 8.74. The predicted octanol–water partition coefficient (Wildman–Crippen LogP) is 2.83. The number of ether oxygens (including phenoxy) is 2. The molecule has 3 heterocycles. The Hall–Kier alpha value is -0.870. The van der Waals surface area contributed by atoms with Crippen molar-refractivity contribution >= 4 is 29.9 Å². The number of halogens is 1. The van der Waals surface area contributed by atoms with Gasteiger partial charge in [0.05, 0.1) is 25.5 Å². The first-order valence-corrected chi connectivity index (χ1v) is 10.1. The third kappa shape index (κ3) is 5.82. The Labute approximate surface area is 186 Å². The Kier molecular flexibility index (Phi) is 8.57. The Morgan fingerprint density at radius 3 is 2.75 bits per heavy atom. The van der Waals surface area contributed by atoms with Gasteiger partial charge < -0.3 is 19.7 Å². The first-order chi connectivity index (χ1) is 12.9. The van der Waals surface area contributed by atoms with Crippen LogP contribution in [0.25, 0.3) is 0 Å². The van der Waals surface area contributed by atoms with Crippen LogP contribution in [0.3, 0.4) is 0 Å². The predicted molar refractivity (Wildman–Crippen MR) is 122 cm³/mol. The highest BCUT2D eigenvalue weighted by atomic mass is 127. The normalized spacial score (nSPS) is 26.7. The molecule has 3 atom stereocenters. The monoisotopic (exact) mass is 505 g/mol. The smallest absolute Gasteiger partial charge is 0.193 e. The molecule has 8 heteroatoms. The standard InChI is InChI=1S/C20H35N5O2.HI/c1-20(2,3)18-15(7-6-9-27-18)11-22-19(21-4)25-8-10-26-17(14-25)16-12-23-24(5)13-16;/h12-13,15,17-18H,6-11,14H2,1-5H3,(H,21,22);1H. The van der Waals surface area contributed by atoms with Gasteiger partial charge in [0.2, 0.25) is 0 Å². The van der Waals surface area contributed by atoms with Crippen LogP contribution in [0, 0.1) is 11.3 Å². The molecule has 0 saturated carbocycles. The van der Waals surface area contributed by atoms with Crippen molar-refractivity contribution in [3.05, 3.63) is 18.0 Å². The van der Waals surface area contributed by atoms with Crippen LogP contribution in [-0.4, -0.2) is 66.6 Å². The molecule has 160 valence electrons. The second-order valence-electron chi connectivity index (χ2n) is 8.74. The molecule has 0 bridgehead atoms. The first kappa shape index (κ1) is 23.4. The van der Waals surface area contributed by atoms with Gasteiger partial charge in [-0.3, -0.25) is 9.67 Å². The third-order valence-electron chi connectivity index (χ3n) is 5.50. The number of nitrogens with zero attached hydrogens (tertiary/aromatic N) is 4. The Bertz CT molecular complexity index is 643. The van der Waals surface area contributed by atoms with E-state index in [2.05, 4.69) is 41.1 Å². The van der Waals surface area contributed by atoms with E-state index in [1.165, 1.54) is 6.42 Å². The van der Waals surface area contributed by atoms with E-state index < -0.39 is 0 Å². The summed E-state index contributed by atoms with van der Waals surface area (Å²) in [4.78, 5) is 6.82. The van der Waals surface area contributed by atoms with Crippen molar-refractivity contribution in [1.82, 2.24) is 20.0 Å². The van der Waals surface area contributed by atoms with Crippen molar-refractivity contribution in [3.63, 3.8) is 0 Å². The third-order valence-corrected chi connectivity index (χ3v) is 5.50. The average Bonchev–Trinajstić information content (AvgIpc) is 3.08. The number of aliphatic imine (C=N–C) groups is 1. The van der Waals surface area contributed by atoms with Crippen molar-refractivity contribution < 1.29 is 9.47 Å². The minimum absolute atomic E-state index is 0. The molecule has 1 N–H and O–H groups in total. The van der Waals surface area contributed by atoms with Crippen LogP contribution in [0.4, 0.5) is 0 Å². The molecule has 2 aliphatic rings. The van der Waals surface area contributed by atoms with E-state index in [0.717, 1.165) is 44.2 Å². The van der Waals surface area contributed by atoms with Gasteiger partial charge in [-0.1, -0.05) is 20.8 Å². The number of hydrogen-bond acceptors (Lipinski definition) is 4. The molecule has 3 unspecified atom stereocenters. The number of hydrogen-bond donors (Lipinski definition) is 1. The number of guanidine groups is 1. The Morgan fingerprint density at radius 1 is 1.32 bits per heavy atom. The van der Waals surface area contributed by atoms with E-state index in [9.17, 15) is 0 Å². The molecule has 0 aromatic carbocycles. The lowest BCUT2D eigenvalue weighted by molar-refractivity contribution is -0.0837. The van der Waals surface area contributed by atoms with Crippen LogP contribution in [0.2, 0.25) is 0 Å². The molecular formula is C20H36IN5O2. The van der Waals surface area contributed by atoms with E-state index in [-0.39, 0.29) is 41.6 Å². The number of nitrogens with one attached hydrogen (secondary N) is 1. The minimum Gasteiger partial charge on any atom is -0.377 e. The Morgan fingerprint density at radius 2 is 2.11 bits per heavy atom. The van der Waals surface area contributed by atoms with Crippen LogP contribution >= 0.6 is 24.0 Å². The topological polar surface area (TPSA) is 63.9 Å². The molecule has 7 nitrogen and oxygen atoms in total. The van der Waals surface area contributed by atoms with Crippen molar-refractivity contribution in [1.29, 1.82) is 0 Å². The zero-order valence-corrected chi connectivity index (χ0v) is 20.2. The molecule has 28 heavy (non-hydrogen) atoms. The summed E-state index contributed by atoms with van der Waals surface area (Å²) in [5.74, 6) is 1.45. The van der Waals surface area contributed by atoms with Crippen LogP contribution in [-0.2, 0) is 16.5 Å². The SMILES string of the molecule is CN=C(NCC1CCCOC1C(C)(C)C)N1CCOC(c2cnn(C)c2)C1.I. The maximum Gasteiger partial charge on any atom is 0.193 e. The first-order valence-electron chi connectivity index (χ1n) is 10.1. The molecule has 1 aromatic heterocycles. The summed E-state index contributed by atoms with van der Waals surface area (Å²) in [6.45, 7) is 10.9. The van der Waals surface area contributed by atoms with E-state index in [4.69, 9.17) is 9.47 Å². The Balaban J connectivity index is 0.00000280. The van der Waals surface area contributed by atoms with Gasteiger partial charge in [0.1, 0.15) is 6.10 Å². The van der Waals surface area contributed by atoms with Crippen molar-refractivity contribution in [2.24, 2.45) is 23.4 Å². The average molecular weight is 505 g/mol. The fourth-order valence-corrected chi connectivity index (χ4v) is 4.21. The van der Waals surface area contributed by atoms with Gasteiger partial charge in [-0.2, -0.15) is 5.10 Å². The number of aryl methyl sites for hydroxylation is 1. The molecule has 0 spiro atoms. The van der Waals surface area contributed by atoms with E-state index in [1.54, 1.807) is 0 Å². The highest BCUT2D eigenvalue weighted by molar-refractivity contribution is 14.0. The fourth-order valence-electron chi connectivity index (χ4n) is 4.21. The van der Waals surface area contributed by atoms with E-state index in [1.807, 2.05) is 31.2 Å². The maximum absolute atomic E-state index is 6.12. The summed E-state index contributed by atoms with van der Waals surface area (Å²) < 4.78 is 13.9. The highest BCUT2D eigenvalue weighted by Crippen LogP contribution is 2.33. The van der Waals surface area contributed by atoms with Gasteiger partial charge in [-0.25, -0.2) is 0 Å². The molecule has 3 rings (SSSR count). The number of morpholine rings is 1. The van der Waals surface area contributed by atoms with Gasteiger partial charge in [-0.15, -0.1) is 24.0 Å². The fraction of sp³-hybridized carbons (Fsp3) is 0.800. The zero-order valence-electron chi connectivity index (χ0n) is 17.9. The van der Waals surface area contributed by atoms with E-state index >= 15 is 0 Å². The molecule has 2 fully saturated rings. The van der Waals surface area contributed by atoms with Gasteiger partial charge in [-0.05, 0) is 18.3 Å². The summed E-state index contributed by atoms with van der Waals surface area (Å²) in [5.41, 5.74) is 1.27. The summed E-state index contributed by atoms with van der Waals surface area (Å²) in [6, 6.07) is 0. The largest absolute Gasteiger partial charge is 0.377 e. The summed E-state index contributed by atoms with van der Waals surface area (Å²) in [6.07, 6.45) is 6.57. The second kappa shape index (κ2) is 10.2. The highest BCUT2D eigenvalue weighted by Gasteiger charge is 2.35. The molecule has 0 radical (unpaired) electrons. The molecule has 0 aliphatic carbocycles. The number of aromatic nitrogens is 2. The summed E-state index contributed by atoms with van der Waals surface area (Å²) >= 11 is 0. The van der Waals surface area contributed by atoms with Crippen LogP contribution < -0.4 is 5.32 Å². The van der Waals surface area contributed by atoms with Crippen molar-refractivity contribution in [2.75, 3.05) is 39.9 Å². The quantitative estimate of drug-likeness (QED) is 0.389. The van der Waals surface area contributed by atoms with E-state index in [0.29, 0.717) is 12.5 Å². The molecule has 2 saturated heterocycles. The zero-order chi connectivity index (χ0) is 19.4. The molecule has 1 aromatic rings. The summed E-state index contributed by atoms with van der Waals surface area (Å²) in [5, 5.41) is 7.88. The summed E-state index contributed by atoms with van der Waals surface area (Å²) in [7, 11) is 3.79. The van der Waals surface area contributed by atoms with Crippen molar-refractivity contribution in [3.8, 4) is 0 Å². The van der Waals surface area contributed by atoms with Crippen LogP contribution in [0.15, 0.2) is 17.4 Å². The maximum atomic E-state index is 6.12. The van der Waals surface area contributed by atoms with Crippen LogP contribution in [0.5, 0.6) is 0 Å². The molecular weight excluding hydrogens is 469 g/mol. The van der Waals surface area contributed by atoms with Gasteiger partial charge in [0.25, 0.3) is 0 Å². The lowest BCUT2D eigenvalue weighted by Crippen LogP contribution is -2.51. The van der Waals surface area contributed by atoms with Gasteiger partial charge in [0.15, 0.2) is 5.96 Å². The lowest BCUT2D eigenvalue weighted by Gasteiger charge is -2.41. The van der Waals surface area contributed by atoms with Gasteiger partial charge >= 0.3 is 0 Å². The molecule has 0 amide bonds. The lowest BCUT2D eigenvalue weighted by atomic mass is 9.78. The number of rotatable bonds is 3. The van der Waals surface area contributed by atoms with Crippen molar-refractivity contribution in [2.45, 2.75) is 45.8 Å². The van der Waals surface area contributed by atoms with Crippen LogP contribution in [0.1, 0.15) is 45.3 Å².